The Morgan fingerprint density at radius 2 is 1.75 bits per heavy atom. The summed E-state index contributed by atoms with van der Waals surface area (Å²) in [6.07, 6.45) is 4.13. The molecule has 0 fully saturated rings. The molecule has 0 heterocycles. The smallest absolute Gasteiger partial charge is 0.248 e. The van der Waals surface area contributed by atoms with Crippen molar-refractivity contribution < 1.29 is 9.59 Å². The van der Waals surface area contributed by atoms with E-state index in [9.17, 15) is 9.59 Å². The normalized spacial score (nSPS) is 10.6. The Morgan fingerprint density at radius 1 is 1.04 bits per heavy atom. The molecule has 4 nitrogen and oxygen atoms in total. The summed E-state index contributed by atoms with van der Waals surface area (Å²) in [4.78, 5) is 23.2. The summed E-state index contributed by atoms with van der Waals surface area (Å²) in [5.41, 5.74) is 4.68. The Balaban J connectivity index is 2.04. The Hall–Kier alpha value is -2.88. The highest BCUT2D eigenvalue weighted by atomic mass is 16.2. The average molecular weight is 322 g/mol. The van der Waals surface area contributed by atoms with Gasteiger partial charge in [-0.05, 0) is 48.2 Å². The van der Waals surface area contributed by atoms with Crippen molar-refractivity contribution in [1.82, 2.24) is 0 Å². The zero-order chi connectivity index (χ0) is 17.5. The minimum atomic E-state index is -0.162. The number of amides is 2. The summed E-state index contributed by atoms with van der Waals surface area (Å²) in [6, 6.07) is 13.3. The fourth-order valence-electron chi connectivity index (χ4n) is 2.42. The van der Waals surface area contributed by atoms with E-state index in [4.69, 9.17) is 0 Å². The molecule has 2 aromatic rings. The number of carbonyl (C=O) groups is 2. The van der Waals surface area contributed by atoms with Crippen LogP contribution in [0.5, 0.6) is 0 Å². The van der Waals surface area contributed by atoms with Crippen LogP contribution in [0.15, 0.2) is 48.5 Å². The van der Waals surface area contributed by atoms with Gasteiger partial charge in [0, 0.05) is 24.4 Å². The monoisotopic (exact) mass is 322 g/mol. The quantitative estimate of drug-likeness (QED) is 0.812. The third-order valence-electron chi connectivity index (χ3n) is 3.65. The maximum absolute atomic E-state index is 12.2. The first kappa shape index (κ1) is 17.5. The molecule has 0 saturated heterocycles. The molecule has 0 atom stereocenters. The van der Waals surface area contributed by atoms with Gasteiger partial charge < -0.3 is 10.6 Å². The van der Waals surface area contributed by atoms with E-state index in [2.05, 4.69) is 17.6 Å². The summed E-state index contributed by atoms with van der Waals surface area (Å²) in [5, 5.41) is 5.66. The lowest BCUT2D eigenvalue weighted by Crippen LogP contribution is -2.11. The van der Waals surface area contributed by atoms with E-state index in [1.54, 1.807) is 18.2 Å². The van der Waals surface area contributed by atoms with Gasteiger partial charge in [0.2, 0.25) is 11.8 Å². The van der Waals surface area contributed by atoms with Crippen molar-refractivity contribution >= 4 is 29.3 Å². The molecule has 0 aliphatic rings. The maximum Gasteiger partial charge on any atom is 0.248 e. The number of nitrogens with one attached hydrogen (secondary N) is 2. The van der Waals surface area contributed by atoms with Crippen molar-refractivity contribution in [3.05, 3.63) is 65.2 Å². The van der Waals surface area contributed by atoms with Gasteiger partial charge in [0.05, 0.1) is 0 Å². The van der Waals surface area contributed by atoms with Gasteiger partial charge in [0.25, 0.3) is 0 Å². The van der Waals surface area contributed by atoms with Gasteiger partial charge in [0.15, 0.2) is 0 Å². The SMILES string of the molecule is CCc1cccc(C)c1NC(=O)/C=C/c1ccc(NC(C)=O)cc1. The molecule has 0 unspecified atom stereocenters. The Bertz CT molecular complexity index is 762. The highest BCUT2D eigenvalue weighted by molar-refractivity contribution is 6.02. The summed E-state index contributed by atoms with van der Waals surface area (Å²) in [5.74, 6) is -0.271. The van der Waals surface area contributed by atoms with Crippen LogP contribution in [-0.4, -0.2) is 11.8 Å². The molecule has 2 N–H and O–H groups in total. The third-order valence-corrected chi connectivity index (χ3v) is 3.65. The van der Waals surface area contributed by atoms with Gasteiger partial charge in [-0.3, -0.25) is 9.59 Å². The number of anilines is 2. The van der Waals surface area contributed by atoms with Crippen LogP contribution < -0.4 is 10.6 Å². The molecule has 2 amide bonds. The Morgan fingerprint density at radius 3 is 2.38 bits per heavy atom. The summed E-state index contributed by atoms with van der Waals surface area (Å²) < 4.78 is 0. The number of hydrogen-bond acceptors (Lipinski definition) is 2. The molecule has 4 heteroatoms. The van der Waals surface area contributed by atoms with Crippen molar-refractivity contribution in [2.75, 3.05) is 10.6 Å². The number of aryl methyl sites for hydroxylation is 2. The largest absolute Gasteiger partial charge is 0.326 e. The molecule has 2 rings (SSSR count). The van der Waals surface area contributed by atoms with Crippen LogP contribution in [0.4, 0.5) is 11.4 Å². The van der Waals surface area contributed by atoms with E-state index >= 15 is 0 Å². The van der Waals surface area contributed by atoms with E-state index in [0.29, 0.717) is 0 Å². The van der Waals surface area contributed by atoms with Crippen LogP contribution in [-0.2, 0) is 16.0 Å². The summed E-state index contributed by atoms with van der Waals surface area (Å²) in [6.45, 7) is 5.52. The topological polar surface area (TPSA) is 58.2 Å². The molecule has 0 aromatic heterocycles. The van der Waals surface area contributed by atoms with E-state index in [1.165, 1.54) is 13.0 Å². The van der Waals surface area contributed by atoms with E-state index in [-0.39, 0.29) is 11.8 Å². The van der Waals surface area contributed by atoms with Crippen LogP contribution in [0, 0.1) is 6.92 Å². The zero-order valence-electron chi connectivity index (χ0n) is 14.2. The zero-order valence-corrected chi connectivity index (χ0v) is 14.2. The fraction of sp³-hybridized carbons (Fsp3) is 0.200. The van der Waals surface area contributed by atoms with Crippen molar-refractivity contribution in [2.45, 2.75) is 27.2 Å². The highest BCUT2D eigenvalue weighted by Gasteiger charge is 2.06. The highest BCUT2D eigenvalue weighted by Crippen LogP contribution is 2.21. The molecule has 2 aromatic carbocycles. The van der Waals surface area contributed by atoms with Crippen LogP contribution in [0.2, 0.25) is 0 Å². The molecule has 0 radical (unpaired) electrons. The van der Waals surface area contributed by atoms with E-state index in [1.807, 2.05) is 37.3 Å². The minimum absolute atomic E-state index is 0.109. The molecule has 24 heavy (non-hydrogen) atoms. The first-order valence-electron chi connectivity index (χ1n) is 7.94. The van der Waals surface area contributed by atoms with Crippen LogP contribution in [0.25, 0.3) is 6.08 Å². The molecular weight excluding hydrogens is 300 g/mol. The Labute approximate surface area is 142 Å². The predicted molar refractivity (Wildman–Crippen MR) is 99.0 cm³/mol. The van der Waals surface area contributed by atoms with Crippen molar-refractivity contribution in [2.24, 2.45) is 0 Å². The first-order chi connectivity index (χ1) is 11.5. The molecule has 0 aliphatic carbocycles. The van der Waals surface area contributed by atoms with E-state index < -0.39 is 0 Å². The minimum Gasteiger partial charge on any atom is -0.326 e. The number of rotatable bonds is 5. The van der Waals surface area contributed by atoms with E-state index in [0.717, 1.165) is 34.5 Å². The lowest BCUT2D eigenvalue weighted by atomic mass is 10.1. The standard InChI is InChI=1S/C20H22N2O2/c1-4-17-7-5-6-14(2)20(17)22-19(24)13-10-16-8-11-18(12-9-16)21-15(3)23/h5-13H,4H2,1-3H3,(H,21,23)(H,22,24)/b13-10+. The van der Waals surface area contributed by atoms with Crippen LogP contribution in [0.3, 0.4) is 0 Å². The van der Waals surface area contributed by atoms with Gasteiger partial charge >= 0.3 is 0 Å². The second-order valence-electron chi connectivity index (χ2n) is 5.59. The van der Waals surface area contributed by atoms with Gasteiger partial charge in [-0.1, -0.05) is 37.3 Å². The van der Waals surface area contributed by atoms with Crippen molar-refractivity contribution in [1.29, 1.82) is 0 Å². The van der Waals surface area contributed by atoms with Crippen molar-refractivity contribution in [3.63, 3.8) is 0 Å². The van der Waals surface area contributed by atoms with Crippen LogP contribution in [0.1, 0.15) is 30.5 Å². The van der Waals surface area contributed by atoms with Gasteiger partial charge in [-0.25, -0.2) is 0 Å². The first-order valence-corrected chi connectivity index (χ1v) is 7.94. The number of para-hydroxylation sites is 1. The van der Waals surface area contributed by atoms with Gasteiger partial charge in [-0.2, -0.15) is 0 Å². The maximum atomic E-state index is 12.2. The summed E-state index contributed by atoms with van der Waals surface area (Å²) >= 11 is 0. The van der Waals surface area contributed by atoms with Crippen LogP contribution >= 0.6 is 0 Å². The number of benzene rings is 2. The number of carbonyl (C=O) groups excluding carboxylic acids is 2. The fourth-order valence-corrected chi connectivity index (χ4v) is 2.42. The van der Waals surface area contributed by atoms with Gasteiger partial charge in [-0.15, -0.1) is 0 Å². The molecule has 124 valence electrons. The summed E-state index contributed by atoms with van der Waals surface area (Å²) in [7, 11) is 0. The lowest BCUT2D eigenvalue weighted by Gasteiger charge is -2.11. The Kier molecular flexibility index (Phi) is 5.90. The third kappa shape index (κ3) is 4.81. The van der Waals surface area contributed by atoms with Gasteiger partial charge in [0.1, 0.15) is 0 Å². The predicted octanol–water partition coefficient (Wildman–Crippen LogP) is 4.17. The second-order valence-corrected chi connectivity index (χ2v) is 5.59. The number of hydrogen-bond donors (Lipinski definition) is 2. The molecule has 0 bridgehead atoms. The molecule has 0 saturated carbocycles. The second kappa shape index (κ2) is 8.11. The molecular formula is C20H22N2O2. The average Bonchev–Trinajstić information content (AvgIpc) is 2.55. The van der Waals surface area contributed by atoms with Crippen molar-refractivity contribution in [3.8, 4) is 0 Å². The lowest BCUT2D eigenvalue weighted by molar-refractivity contribution is -0.114. The molecule has 0 aliphatic heterocycles. The molecule has 0 spiro atoms.